The van der Waals surface area contributed by atoms with Crippen molar-refractivity contribution in [3.05, 3.63) is 94.0 Å². The molecule has 3 aromatic carbocycles. The summed E-state index contributed by atoms with van der Waals surface area (Å²) in [5.41, 5.74) is 7.34. The normalized spacial score (nSPS) is 12.0. The maximum Gasteiger partial charge on any atom is 0.416 e. The van der Waals surface area contributed by atoms with Crippen LogP contribution < -0.4 is 10.9 Å². The van der Waals surface area contributed by atoms with Gasteiger partial charge in [0.2, 0.25) is 0 Å². The highest BCUT2D eigenvalue weighted by molar-refractivity contribution is 6.88. The third-order valence-electron chi connectivity index (χ3n) is 5.65. The lowest BCUT2D eigenvalue weighted by Crippen LogP contribution is -2.37. The topological polar surface area (TPSA) is 46.3 Å². The minimum atomic E-state index is -4.42. The van der Waals surface area contributed by atoms with E-state index >= 15 is 0 Å². The van der Waals surface area contributed by atoms with Crippen molar-refractivity contribution in [2.24, 2.45) is 0 Å². The SMILES string of the molecule is C[Si](C)(C)c1ccc(CN(CCc2cccc(C(F)(F)F)c2)C(=O)c2cc(Cl)ccc2N)cc1. The maximum atomic E-state index is 13.4. The molecule has 3 aromatic rings. The first-order chi connectivity index (χ1) is 15.8. The summed E-state index contributed by atoms with van der Waals surface area (Å²) in [7, 11) is -1.47. The Labute approximate surface area is 204 Å². The Kier molecular flexibility index (Phi) is 7.78. The molecule has 0 bridgehead atoms. The second kappa shape index (κ2) is 10.2. The number of hydrogen-bond donors (Lipinski definition) is 1. The minimum absolute atomic E-state index is 0.224. The van der Waals surface area contributed by atoms with Crippen molar-refractivity contribution in [3.63, 3.8) is 0 Å². The molecule has 8 heteroatoms. The van der Waals surface area contributed by atoms with Crippen LogP contribution in [0.2, 0.25) is 24.7 Å². The first-order valence-electron chi connectivity index (χ1n) is 10.9. The number of nitrogen functional groups attached to an aromatic ring is 1. The number of alkyl halides is 3. The average molecular weight is 505 g/mol. The fourth-order valence-electron chi connectivity index (χ4n) is 3.63. The van der Waals surface area contributed by atoms with Crippen molar-refractivity contribution in [2.45, 2.75) is 38.8 Å². The van der Waals surface area contributed by atoms with E-state index in [0.29, 0.717) is 22.8 Å². The van der Waals surface area contributed by atoms with E-state index in [-0.39, 0.29) is 24.4 Å². The zero-order valence-electron chi connectivity index (χ0n) is 19.4. The van der Waals surface area contributed by atoms with Crippen molar-refractivity contribution in [1.29, 1.82) is 0 Å². The largest absolute Gasteiger partial charge is 0.416 e. The second-order valence-electron chi connectivity index (χ2n) is 9.35. The van der Waals surface area contributed by atoms with Crippen LogP contribution in [0.25, 0.3) is 0 Å². The molecule has 0 heterocycles. The van der Waals surface area contributed by atoms with E-state index in [1.807, 2.05) is 12.1 Å². The average Bonchev–Trinajstić information content (AvgIpc) is 2.77. The molecule has 0 saturated carbocycles. The molecule has 34 heavy (non-hydrogen) atoms. The highest BCUT2D eigenvalue weighted by atomic mass is 35.5. The smallest absolute Gasteiger partial charge is 0.398 e. The summed E-state index contributed by atoms with van der Waals surface area (Å²) < 4.78 is 39.3. The van der Waals surface area contributed by atoms with E-state index in [9.17, 15) is 18.0 Å². The van der Waals surface area contributed by atoms with Gasteiger partial charge < -0.3 is 10.6 Å². The van der Waals surface area contributed by atoms with E-state index in [0.717, 1.165) is 17.7 Å². The monoisotopic (exact) mass is 504 g/mol. The van der Waals surface area contributed by atoms with Crippen LogP contribution in [0.4, 0.5) is 18.9 Å². The molecule has 180 valence electrons. The zero-order valence-corrected chi connectivity index (χ0v) is 21.2. The number of halogens is 4. The number of benzene rings is 3. The van der Waals surface area contributed by atoms with Gasteiger partial charge in [-0.15, -0.1) is 0 Å². The number of carbonyl (C=O) groups excluding carboxylic acids is 1. The van der Waals surface area contributed by atoms with Gasteiger partial charge in [0.1, 0.15) is 0 Å². The summed E-state index contributed by atoms with van der Waals surface area (Å²) in [6.45, 7) is 7.30. The molecule has 0 spiro atoms. The Balaban J connectivity index is 1.87. The van der Waals surface area contributed by atoms with Crippen molar-refractivity contribution in [3.8, 4) is 0 Å². The Morgan fingerprint density at radius 1 is 0.971 bits per heavy atom. The van der Waals surface area contributed by atoms with Gasteiger partial charge in [-0.05, 0) is 41.8 Å². The van der Waals surface area contributed by atoms with Crippen LogP contribution in [0.5, 0.6) is 0 Å². The molecule has 0 fully saturated rings. The number of nitrogens with two attached hydrogens (primary N) is 1. The van der Waals surface area contributed by atoms with Crippen LogP contribution in [0.1, 0.15) is 27.0 Å². The predicted molar refractivity (Wildman–Crippen MR) is 135 cm³/mol. The van der Waals surface area contributed by atoms with Crippen molar-refractivity contribution < 1.29 is 18.0 Å². The van der Waals surface area contributed by atoms with Crippen LogP contribution in [-0.4, -0.2) is 25.4 Å². The molecule has 2 N–H and O–H groups in total. The first kappa shape index (κ1) is 25.8. The van der Waals surface area contributed by atoms with Crippen molar-refractivity contribution in [1.82, 2.24) is 4.90 Å². The molecule has 0 aliphatic carbocycles. The van der Waals surface area contributed by atoms with Crippen LogP contribution >= 0.6 is 11.6 Å². The molecule has 0 aliphatic rings. The fraction of sp³-hybridized carbons (Fsp3) is 0.269. The lowest BCUT2D eigenvalue weighted by molar-refractivity contribution is -0.137. The first-order valence-corrected chi connectivity index (χ1v) is 14.8. The number of amides is 1. The van der Waals surface area contributed by atoms with Gasteiger partial charge >= 0.3 is 6.18 Å². The highest BCUT2D eigenvalue weighted by Crippen LogP contribution is 2.30. The van der Waals surface area contributed by atoms with E-state index in [4.69, 9.17) is 17.3 Å². The van der Waals surface area contributed by atoms with Gasteiger partial charge in [-0.1, -0.05) is 78.9 Å². The molecule has 0 unspecified atom stereocenters. The summed E-state index contributed by atoms with van der Waals surface area (Å²) in [5.74, 6) is -0.318. The highest BCUT2D eigenvalue weighted by Gasteiger charge is 2.30. The van der Waals surface area contributed by atoms with Gasteiger partial charge in [0, 0.05) is 23.8 Å². The third-order valence-corrected chi connectivity index (χ3v) is 7.95. The maximum absolute atomic E-state index is 13.4. The molecule has 0 saturated heterocycles. The van der Waals surface area contributed by atoms with Gasteiger partial charge in [-0.25, -0.2) is 0 Å². The lowest BCUT2D eigenvalue weighted by atomic mass is 10.1. The number of nitrogens with zero attached hydrogens (tertiary/aromatic N) is 1. The Hall–Kier alpha value is -2.77. The Morgan fingerprint density at radius 3 is 2.26 bits per heavy atom. The Morgan fingerprint density at radius 2 is 1.65 bits per heavy atom. The van der Waals surface area contributed by atoms with Gasteiger partial charge in [0.25, 0.3) is 5.91 Å². The molecule has 0 aromatic heterocycles. The summed E-state index contributed by atoms with van der Waals surface area (Å²) in [5, 5.41) is 1.69. The van der Waals surface area contributed by atoms with E-state index in [1.165, 1.54) is 17.3 Å². The zero-order chi connectivity index (χ0) is 25.1. The number of rotatable bonds is 7. The van der Waals surface area contributed by atoms with Gasteiger partial charge in [-0.3, -0.25) is 4.79 Å². The summed E-state index contributed by atoms with van der Waals surface area (Å²) in [6, 6.07) is 18.1. The van der Waals surface area contributed by atoms with E-state index in [2.05, 4.69) is 31.8 Å². The predicted octanol–water partition coefficient (Wildman–Crippen LogP) is 6.37. The summed E-state index contributed by atoms with van der Waals surface area (Å²) in [6.07, 6.45) is -4.15. The van der Waals surface area contributed by atoms with Crippen LogP contribution in [0, 0.1) is 0 Å². The number of carbonyl (C=O) groups is 1. The summed E-state index contributed by atoms with van der Waals surface area (Å²) in [4.78, 5) is 15.0. The number of anilines is 1. The van der Waals surface area contributed by atoms with Crippen molar-refractivity contribution >= 4 is 36.5 Å². The van der Waals surface area contributed by atoms with E-state index in [1.54, 1.807) is 23.1 Å². The molecular weight excluding hydrogens is 477 g/mol. The molecule has 0 radical (unpaired) electrons. The van der Waals surface area contributed by atoms with Gasteiger partial charge in [0.05, 0.1) is 19.2 Å². The standard InChI is InChI=1S/C26H28ClF3N2OSi/c1-34(2,3)22-10-7-19(8-11-22)17-32(25(33)23-16-21(27)9-12-24(23)31)14-13-18-5-4-6-20(15-18)26(28,29)30/h4-12,15-16H,13-14,17,31H2,1-3H3. The molecule has 0 atom stereocenters. The summed E-state index contributed by atoms with van der Waals surface area (Å²) >= 11 is 6.09. The minimum Gasteiger partial charge on any atom is -0.398 e. The lowest BCUT2D eigenvalue weighted by Gasteiger charge is -2.25. The molecule has 1 amide bonds. The molecule has 3 rings (SSSR count). The van der Waals surface area contributed by atoms with Crippen LogP contribution in [0.3, 0.4) is 0 Å². The van der Waals surface area contributed by atoms with Crippen molar-refractivity contribution in [2.75, 3.05) is 12.3 Å². The van der Waals surface area contributed by atoms with Crippen LogP contribution in [0.15, 0.2) is 66.7 Å². The molecule has 0 aliphatic heterocycles. The Bertz CT molecular complexity index is 1160. The van der Waals surface area contributed by atoms with Crippen LogP contribution in [-0.2, 0) is 19.1 Å². The molecule has 3 nitrogen and oxygen atoms in total. The van der Waals surface area contributed by atoms with Gasteiger partial charge in [-0.2, -0.15) is 13.2 Å². The third kappa shape index (κ3) is 6.64. The number of hydrogen-bond acceptors (Lipinski definition) is 2. The van der Waals surface area contributed by atoms with E-state index < -0.39 is 19.8 Å². The fourth-order valence-corrected chi connectivity index (χ4v) is 4.97. The second-order valence-corrected chi connectivity index (χ2v) is 14.9. The quantitative estimate of drug-likeness (QED) is 0.300. The van der Waals surface area contributed by atoms with Gasteiger partial charge in [0.15, 0.2) is 0 Å². The molecular formula is C26H28ClF3N2OSi.